The van der Waals surface area contributed by atoms with Crippen LogP contribution in [-0.4, -0.2) is 48.0 Å². The molecule has 0 bridgehead atoms. The Morgan fingerprint density at radius 3 is 2.62 bits per heavy atom. The third-order valence-electron chi connectivity index (χ3n) is 4.97. The average molecular weight is 395 g/mol. The number of hydrogen-bond acceptors (Lipinski definition) is 5. The third-order valence-corrected chi connectivity index (χ3v) is 4.97. The molecule has 0 fully saturated rings. The maximum atomic E-state index is 13.0. The van der Waals surface area contributed by atoms with Crippen LogP contribution in [0.15, 0.2) is 36.7 Å². The molecule has 2 aromatic heterocycles. The Balaban J connectivity index is 1.71. The van der Waals surface area contributed by atoms with Gasteiger partial charge in [-0.25, -0.2) is 9.50 Å². The Hall–Kier alpha value is -3.29. The normalized spacial score (nSPS) is 11.0. The summed E-state index contributed by atoms with van der Waals surface area (Å²) in [5.41, 5.74) is 3.78. The van der Waals surface area contributed by atoms with Crippen LogP contribution in [0.2, 0.25) is 0 Å². The SMILES string of the molecule is Cc1nc2ncnn2c(C)c1CCC(=O)N(CCCC(=O)O)Cc1ccccc1. The highest BCUT2D eigenvalue weighted by atomic mass is 16.4. The molecule has 0 unspecified atom stereocenters. The lowest BCUT2D eigenvalue weighted by Gasteiger charge is -2.23. The van der Waals surface area contributed by atoms with Crippen molar-refractivity contribution in [3.05, 3.63) is 59.2 Å². The Kier molecular flexibility index (Phi) is 6.54. The van der Waals surface area contributed by atoms with Crippen molar-refractivity contribution in [3.8, 4) is 0 Å². The third kappa shape index (κ3) is 5.16. The van der Waals surface area contributed by atoms with E-state index in [1.807, 2.05) is 44.2 Å². The zero-order valence-electron chi connectivity index (χ0n) is 16.7. The second-order valence-corrected chi connectivity index (χ2v) is 7.03. The summed E-state index contributed by atoms with van der Waals surface area (Å²) in [7, 11) is 0. The van der Waals surface area contributed by atoms with E-state index in [0.717, 1.165) is 22.5 Å². The summed E-state index contributed by atoms with van der Waals surface area (Å²) in [5.74, 6) is -0.304. The van der Waals surface area contributed by atoms with Crippen LogP contribution >= 0.6 is 0 Å². The van der Waals surface area contributed by atoms with Gasteiger partial charge in [0.15, 0.2) is 0 Å². The van der Waals surface area contributed by atoms with E-state index in [0.29, 0.717) is 38.1 Å². The summed E-state index contributed by atoms with van der Waals surface area (Å²) >= 11 is 0. The molecular formula is C21H25N5O3. The number of aliphatic carboxylic acids is 1. The van der Waals surface area contributed by atoms with Gasteiger partial charge in [-0.05, 0) is 37.8 Å². The molecule has 0 spiro atoms. The van der Waals surface area contributed by atoms with Crippen LogP contribution in [0.4, 0.5) is 0 Å². The lowest BCUT2D eigenvalue weighted by atomic mass is 10.1. The zero-order valence-corrected chi connectivity index (χ0v) is 16.7. The predicted octanol–water partition coefficient (Wildman–Crippen LogP) is 2.57. The molecule has 1 amide bonds. The first-order chi connectivity index (χ1) is 14.0. The smallest absolute Gasteiger partial charge is 0.303 e. The van der Waals surface area contributed by atoms with E-state index in [2.05, 4.69) is 15.1 Å². The molecule has 152 valence electrons. The standard InChI is InChI=1S/C21H25N5O3/c1-15-18(16(2)26-21(24-15)22-14-23-26)10-11-19(27)25(12-6-9-20(28)29)13-17-7-4-3-5-8-17/h3-5,7-8,14H,6,9-13H2,1-2H3,(H,28,29). The van der Waals surface area contributed by atoms with E-state index in [1.165, 1.54) is 6.33 Å². The Labute approximate surface area is 169 Å². The van der Waals surface area contributed by atoms with Crippen molar-refractivity contribution >= 4 is 17.7 Å². The number of fused-ring (bicyclic) bond motifs is 1. The second kappa shape index (κ2) is 9.27. The number of carbonyl (C=O) groups is 2. The summed E-state index contributed by atoms with van der Waals surface area (Å²) in [6.07, 6.45) is 2.81. The van der Waals surface area contributed by atoms with Crippen LogP contribution in [-0.2, 0) is 22.6 Å². The van der Waals surface area contributed by atoms with E-state index in [-0.39, 0.29) is 12.3 Å². The zero-order chi connectivity index (χ0) is 20.8. The number of nitrogens with zero attached hydrogens (tertiary/aromatic N) is 5. The number of carboxylic acids is 1. The molecule has 3 rings (SSSR count). The van der Waals surface area contributed by atoms with Gasteiger partial charge in [-0.1, -0.05) is 30.3 Å². The fourth-order valence-electron chi connectivity index (χ4n) is 3.42. The average Bonchev–Trinajstić information content (AvgIpc) is 3.16. The predicted molar refractivity (Wildman–Crippen MR) is 107 cm³/mol. The number of carbonyl (C=O) groups excluding carboxylic acids is 1. The summed E-state index contributed by atoms with van der Waals surface area (Å²) < 4.78 is 1.68. The first-order valence-corrected chi connectivity index (χ1v) is 9.65. The van der Waals surface area contributed by atoms with Crippen molar-refractivity contribution in [2.24, 2.45) is 0 Å². The number of hydrogen-bond donors (Lipinski definition) is 1. The van der Waals surface area contributed by atoms with Crippen LogP contribution in [0, 0.1) is 13.8 Å². The molecule has 1 N–H and O–H groups in total. The van der Waals surface area contributed by atoms with Crippen molar-refractivity contribution in [1.82, 2.24) is 24.5 Å². The number of rotatable bonds is 9. The maximum Gasteiger partial charge on any atom is 0.303 e. The van der Waals surface area contributed by atoms with Crippen molar-refractivity contribution in [2.75, 3.05) is 6.54 Å². The molecule has 8 nitrogen and oxygen atoms in total. The van der Waals surface area contributed by atoms with Crippen molar-refractivity contribution in [1.29, 1.82) is 0 Å². The maximum absolute atomic E-state index is 13.0. The fraction of sp³-hybridized carbons (Fsp3) is 0.381. The van der Waals surface area contributed by atoms with Gasteiger partial charge in [-0.2, -0.15) is 10.1 Å². The van der Waals surface area contributed by atoms with Gasteiger partial charge in [0, 0.05) is 37.3 Å². The van der Waals surface area contributed by atoms with Gasteiger partial charge >= 0.3 is 5.97 Å². The molecule has 0 saturated heterocycles. The van der Waals surface area contributed by atoms with Gasteiger partial charge in [-0.3, -0.25) is 9.59 Å². The van der Waals surface area contributed by atoms with Crippen LogP contribution in [0.1, 0.15) is 41.8 Å². The molecule has 2 heterocycles. The van der Waals surface area contributed by atoms with Gasteiger partial charge < -0.3 is 10.0 Å². The molecule has 0 radical (unpaired) electrons. The van der Waals surface area contributed by atoms with E-state index in [4.69, 9.17) is 5.11 Å². The van der Waals surface area contributed by atoms with E-state index >= 15 is 0 Å². The molecule has 0 aliphatic heterocycles. The lowest BCUT2D eigenvalue weighted by molar-refractivity contribution is -0.138. The highest BCUT2D eigenvalue weighted by Crippen LogP contribution is 2.16. The molecule has 3 aromatic rings. The number of aromatic nitrogens is 4. The summed E-state index contributed by atoms with van der Waals surface area (Å²) in [6, 6.07) is 9.73. The first kappa shape index (κ1) is 20.4. The number of amides is 1. The Morgan fingerprint density at radius 2 is 1.90 bits per heavy atom. The Morgan fingerprint density at radius 1 is 1.14 bits per heavy atom. The van der Waals surface area contributed by atoms with Gasteiger partial charge in [0.05, 0.1) is 0 Å². The minimum atomic E-state index is -0.851. The summed E-state index contributed by atoms with van der Waals surface area (Å²) in [4.78, 5) is 34.1. The van der Waals surface area contributed by atoms with Gasteiger partial charge in [-0.15, -0.1) is 0 Å². The molecular weight excluding hydrogens is 370 g/mol. The molecule has 0 aliphatic rings. The van der Waals surface area contributed by atoms with E-state index in [1.54, 1.807) is 9.42 Å². The highest BCUT2D eigenvalue weighted by molar-refractivity contribution is 5.76. The van der Waals surface area contributed by atoms with Crippen molar-refractivity contribution < 1.29 is 14.7 Å². The highest BCUT2D eigenvalue weighted by Gasteiger charge is 2.17. The molecule has 0 saturated carbocycles. The van der Waals surface area contributed by atoms with E-state index < -0.39 is 5.97 Å². The number of benzene rings is 1. The van der Waals surface area contributed by atoms with Crippen LogP contribution in [0.5, 0.6) is 0 Å². The van der Waals surface area contributed by atoms with Crippen LogP contribution < -0.4 is 0 Å². The topological polar surface area (TPSA) is 101 Å². The second-order valence-electron chi connectivity index (χ2n) is 7.03. The fourth-order valence-corrected chi connectivity index (χ4v) is 3.42. The molecule has 0 atom stereocenters. The minimum absolute atomic E-state index is 0.00303. The molecule has 29 heavy (non-hydrogen) atoms. The lowest BCUT2D eigenvalue weighted by Crippen LogP contribution is -2.32. The number of carboxylic acid groups (broad SMARTS) is 1. The quantitative estimate of drug-likeness (QED) is 0.598. The van der Waals surface area contributed by atoms with Crippen LogP contribution in [0.25, 0.3) is 5.78 Å². The van der Waals surface area contributed by atoms with Crippen molar-refractivity contribution in [2.45, 2.75) is 46.1 Å². The summed E-state index contributed by atoms with van der Waals surface area (Å²) in [5, 5.41) is 13.1. The van der Waals surface area contributed by atoms with Crippen LogP contribution in [0.3, 0.4) is 0 Å². The number of aryl methyl sites for hydroxylation is 2. The van der Waals surface area contributed by atoms with Gasteiger partial charge in [0.25, 0.3) is 5.78 Å². The monoisotopic (exact) mass is 395 g/mol. The van der Waals surface area contributed by atoms with Gasteiger partial charge in [0.1, 0.15) is 6.33 Å². The molecule has 8 heteroatoms. The summed E-state index contributed by atoms with van der Waals surface area (Å²) in [6.45, 7) is 4.75. The Bertz CT molecular complexity index is 1000. The molecule has 0 aliphatic carbocycles. The largest absolute Gasteiger partial charge is 0.481 e. The first-order valence-electron chi connectivity index (χ1n) is 9.65. The minimum Gasteiger partial charge on any atom is -0.481 e. The van der Waals surface area contributed by atoms with E-state index in [9.17, 15) is 9.59 Å². The van der Waals surface area contributed by atoms with Crippen molar-refractivity contribution in [3.63, 3.8) is 0 Å². The molecule has 1 aromatic carbocycles. The van der Waals surface area contributed by atoms with Gasteiger partial charge in [0.2, 0.25) is 5.91 Å².